The summed E-state index contributed by atoms with van der Waals surface area (Å²) in [5.41, 5.74) is 12.9. The summed E-state index contributed by atoms with van der Waals surface area (Å²) >= 11 is 0. The first-order chi connectivity index (χ1) is 14.2. The molecule has 0 saturated carbocycles. The van der Waals surface area contributed by atoms with Gasteiger partial charge in [-0.15, -0.1) is 0 Å². The fraction of sp³-hybridized carbons (Fsp3) is 0. The number of benzene rings is 4. The predicted octanol–water partition coefficient (Wildman–Crippen LogP) is 6.23. The normalized spacial score (nSPS) is 10.3. The molecule has 5 heteroatoms. The molecule has 0 radical (unpaired) electrons. The zero-order valence-corrected chi connectivity index (χ0v) is 15.6. The second-order valence-electron chi connectivity index (χ2n) is 6.37. The van der Waals surface area contributed by atoms with Gasteiger partial charge in [0.15, 0.2) is 11.5 Å². The van der Waals surface area contributed by atoms with Crippen LogP contribution in [0.25, 0.3) is 0 Å². The van der Waals surface area contributed by atoms with Crippen LogP contribution < -0.4 is 25.7 Å². The van der Waals surface area contributed by atoms with Crippen molar-refractivity contribution in [3.8, 4) is 34.5 Å². The highest BCUT2D eigenvalue weighted by atomic mass is 16.5. The molecule has 4 aromatic carbocycles. The zero-order chi connectivity index (χ0) is 20.1. The smallest absolute Gasteiger partial charge is 0.169 e. The predicted molar refractivity (Wildman–Crippen MR) is 115 cm³/mol. The van der Waals surface area contributed by atoms with Crippen molar-refractivity contribution in [3.05, 3.63) is 97.1 Å². The van der Waals surface area contributed by atoms with Crippen LogP contribution in [0.1, 0.15) is 0 Å². The van der Waals surface area contributed by atoms with Gasteiger partial charge in [-0.3, -0.25) is 0 Å². The Morgan fingerprint density at radius 3 is 1.38 bits per heavy atom. The molecule has 0 atom stereocenters. The van der Waals surface area contributed by atoms with Gasteiger partial charge >= 0.3 is 0 Å². The summed E-state index contributed by atoms with van der Waals surface area (Å²) in [6.45, 7) is 0. The van der Waals surface area contributed by atoms with Crippen molar-refractivity contribution in [2.45, 2.75) is 0 Å². The number of nitrogen functional groups attached to an aromatic ring is 2. The Hall–Kier alpha value is -4.12. The van der Waals surface area contributed by atoms with Crippen LogP contribution in [0.2, 0.25) is 0 Å². The molecule has 0 aliphatic rings. The quantitative estimate of drug-likeness (QED) is 0.385. The van der Waals surface area contributed by atoms with E-state index >= 15 is 0 Å². The number of anilines is 2. The molecule has 4 N–H and O–H groups in total. The van der Waals surface area contributed by atoms with Crippen molar-refractivity contribution >= 4 is 11.4 Å². The summed E-state index contributed by atoms with van der Waals surface area (Å²) in [6, 6.07) is 29.3. The number of hydrogen-bond acceptors (Lipinski definition) is 5. The molecule has 0 aliphatic carbocycles. The van der Waals surface area contributed by atoms with Gasteiger partial charge < -0.3 is 25.7 Å². The molecule has 4 aromatic rings. The van der Waals surface area contributed by atoms with E-state index in [9.17, 15) is 0 Å². The van der Waals surface area contributed by atoms with Crippen LogP contribution in [0.15, 0.2) is 97.1 Å². The number of hydrogen-bond donors (Lipinski definition) is 2. The topological polar surface area (TPSA) is 79.7 Å². The van der Waals surface area contributed by atoms with Gasteiger partial charge in [0, 0.05) is 23.5 Å². The molecule has 29 heavy (non-hydrogen) atoms. The van der Waals surface area contributed by atoms with E-state index < -0.39 is 0 Å². The number of ether oxygens (including phenoxy) is 3. The zero-order valence-electron chi connectivity index (χ0n) is 15.6. The van der Waals surface area contributed by atoms with Gasteiger partial charge in [0.25, 0.3) is 0 Å². The molecule has 0 spiro atoms. The molecule has 4 rings (SSSR count). The van der Waals surface area contributed by atoms with Gasteiger partial charge in [0.1, 0.15) is 23.0 Å². The molecular weight excluding hydrogens is 364 g/mol. The molecule has 0 bridgehead atoms. The first-order valence-electron chi connectivity index (χ1n) is 9.09. The summed E-state index contributed by atoms with van der Waals surface area (Å²) < 4.78 is 17.7. The van der Waals surface area contributed by atoms with Crippen LogP contribution in [0.5, 0.6) is 34.5 Å². The lowest BCUT2D eigenvalue weighted by atomic mass is 10.3. The van der Waals surface area contributed by atoms with Gasteiger partial charge in [-0.25, -0.2) is 0 Å². The van der Waals surface area contributed by atoms with E-state index in [4.69, 9.17) is 25.7 Å². The molecule has 0 fully saturated rings. The van der Waals surface area contributed by atoms with Crippen LogP contribution in [0.3, 0.4) is 0 Å². The maximum atomic E-state index is 6.00. The first kappa shape index (κ1) is 18.3. The lowest BCUT2D eigenvalue weighted by molar-refractivity contribution is 0.418. The van der Waals surface area contributed by atoms with Crippen LogP contribution in [-0.2, 0) is 0 Å². The van der Waals surface area contributed by atoms with Crippen molar-refractivity contribution in [1.29, 1.82) is 0 Å². The van der Waals surface area contributed by atoms with Crippen molar-refractivity contribution < 1.29 is 14.2 Å². The molecule has 5 nitrogen and oxygen atoms in total. The third-order valence-corrected chi connectivity index (χ3v) is 4.08. The Morgan fingerprint density at radius 2 is 0.862 bits per heavy atom. The summed E-state index contributed by atoms with van der Waals surface area (Å²) in [5, 5.41) is 0. The average Bonchev–Trinajstić information content (AvgIpc) is 2.71. The Morgan fingerprint density at radius 1 is 0.414 bits per heavy atom. The van der Waals surface area contributed by atoms with E-state index in [2.05, 4.69) is 0 Å². The Balaban J connectivity index is 1.48. The summed E-state index contributed by atoms with van der Waals surface area (Å²) in [7, 11) is 0. The fourth-order valence-corrected chi connectivity index (χ4v) is 2.74. The Kier molecular flexibility index (Phi) is 5.21. The van der Waals surface area contributed by atoms with Crippen LogP contribution in [0, 0.1) is 0 Å². The van der Waals surface area contributed by atoms with Crippen LogP contribution in [0.4, 0.5) is 11.4 Å². The molecular formula is C24H20N2O3. The Labute approximate surface area is 169 Å². The number of rotatable bonds is 6. The average molecular weight is 384 g/mol. The second-order valence-corrected chi connectivity index (χ2v) is 6.37. The third-order valence-electron chi connectivity index (χ3n) is 4.08. The molecule has 0 amide bonds. The van der Waals surface area contributed by atoms with Crippen molar-refractivity contribution in [1.82, 2.24) is 0 Å². The molecule has 0 saturated heterocycles. The first-order valence-corrected chi connectivity index (χ1v) is 9.09. The highest BCUT2D eigenvalue weighted by Crippen LogP contribution is 2.35. The number of para-hydroxylation sites is 2. The molecule has 0 unspecified atom stereocenters. The van der Waals surface area contributed by atoms with E-state index in [1.54, 1.807) is 12.1 Å². The van der Waals surface area contributed by atoms with Crippen molar-refractivity contribution in [3.63, 3.8) is 0 Å². The van der Waals surface area contributed by atoms with Gasteiger partial charge in [-0.05, 0) is 60.7 Å². The second kappa shape index (κ2) is 8.27. The van der Waals surface area contributed by atoms with E-state index in [-0.39, 0.29) is 0 Å². The van der Waals surface area contributed by atoms with E-state index in [0.29, 0.717) is 45.9 Å². The van der Waals surface area contributed by atoms with E-state index in [0.717, 1.165) is 0 Å². The highest BCUT2D eigenvalue weighted by molar-refractivity contribution is 5.49. The highest BCUT2D eigenvalue weighted by Gasteiger charge is 2.08. The standard InChI is InChI=1S/C24H20N2O3/c25-17-5-3-7-21(15-17)27-19-11-13-20(14-12-19)28-23-9-1-2-10-24(23)29-22-8-4-6-18(26)16-22/h1-16H,25-26H2. The summed E-state index contributed by atoms with van der Waals surface area (Å²) in [4.78, 5) is 0. The fourth-order valence-electron chi connectivity index (χ4n) is 2.74. The van der Waals surface area contributed by atoms with E-state index in [1.807, 2.05) is 84.9 Å². The largest absolute Gasteiger partial charge is 0.457 e. The SMILES string of the molecule is Nc1cccc(Oc2ccc(Oc3ccccc3Oc3cccc(N)c3)cc2)c1. The van der Waals surface area contributed by atoms with Crippen molar-refractivity contribution in [2.75, 3.05) is 11.5 Å². The number of nitrogens with two attached hydrogens (primary N) is 2. The van der Waals surface area contributed by atoms with Gasteiger partial charge in [0.2, 0.25) is 0 Å². The minimum atomic E-state index is 0.596. The van der Waals surface area contributed by atoms with Gasteiger partial charge in [-0.2, -0.15) is 0 Å². The lowest BCUT2D eigenvalue weighted by Crippen LogP contribution is -1.92. The third kappa shape index (κ3) is 4.78. The molecule has 0 aromatic heterocycles. The summed E-state index contributed by atoms with van der Waals surface area (Å²) in [6.07, 6.45) is 0. The van der Waals surface area contributed by atoms with Crippen LogP contribution >= 0.6 is 0 Å². The van der Waals surface area contributed by atoms with Gasteiger partial charge in [0.05, 0.1) is 0 Å². The van der Waals surface area contributed by atoms with Gasteiger partial charge in [-0.1, -0.05) is 24.3 Å². The van der Waals surface area contributed by atoms with Crippen LogP contribution in [-0.4, -0.2) is 0 Å². The maximum Gasteiger partial charge on any atom is 0.169 e. The molecule has 0 aliphatic heterocycles. The minimum Gasteiger partial charge on any atom is -0.457 e. The van der Waals surface area contributed by atoms with E-state index in [1.165, 1.54) is 0 Å². The molecule has 144 valence electrons. The lowest BCUT2D eigenvalue weighted by Gasteiger charge is -2.13. The summed E-state index contributed by atoms with van der Waals surface area (Å²) in [5.74, 6) is 3.87. The molecule has 0 heterocycles. The maximum absolute atomic E-state index is 6.00. The van der Waals surface area contributed by atoms with Crippen molar-refractivity contribution in [2.24, 2.45) is 0 Å². The monoisotopic (exact) mass is 384 g/mol. The Bertz CT molecular complexity index is 1110. The minimum absolute atomic E-state index is 0.596.